The van der Waals surface area contributed by atoms with Crippen molar-refractivity contribution >= 4 is 28.5 Å². The Balaban J connectivity index is 1.61. The van der Waals surface area contributed by atoms with Crippen LogP contribution in [0.25, 0.3) is 11.0 Å². The van der Waals surface area contributed by atoms with Crippen LogP contribution < -0.4 is 10.6 Å². The van der Waals surface area contributed by atoms with Crippen molar-refractivity contribution in [3.63, 3.8) is 0 Å². The molecule has 4 rings (SSSR count). The molecule has 2 N–H and O–H groups in total. The maximum Gasteiger partial charge on any atom is 0.287 e. The molecule has 0 saturated heterocycles. The van der Waals surface area contributed by atoms with Crippen LogP contribution in [0.15, 0.2) is 71.3 Å². The van der Waals surface area contributed by atoms with Crippen LogP contribution in [0.1, 0.15) is 29.3 Å². The number of benzene rings is 2. The molecule has 0 radical (unpaired) electrons. The summed E-state index contributed by atoms with van der Waals surface area (Å²) in [6.45, 7) is 1.68. The number of nitrogens with one attached hydrogen (secondary N) is 2. The Labute approximate surface area is 171 Å². The first kappa shape index (κ1) is 19.4. The zero-order valence-corrected chi connectivity index (χ0v) is 16.1. The van der Waals surface area contributed by atoms with Gasteiger partial charge in [-0.2, -0.15) is 0 Å². The van der Waals surface area contributed by atoms with E-state index in [2.05, 4.69) is 15.6 Å². The van der Waals surface area contributed by atoms with Gasteiger partial charge in [-0.15, -0.1) is 0 Å². The standard InChI is InChI=1S/C22H19FN4O3/c1-14(24-22(29)19-11-6-12-30-19)21-26-17-9-4-5-10-18(17)27(21)13-20(28)25-16-8-3-2-7-15(16)23/h2-12,14H,13H2,1H3,(H,24,29)(H,25,28). The molecule has 7 nitrogen and oxygen atoms in total. The molecule has 2 amide bonds. The predicted molar refractivity (Wildman–Crippen MR) is 109 cm³/mol. The second-order valence-corrected chi connectivity index (χ2v) is 6.75. The smallest absolute Gasteiger partial charge is 0.287 e. The van der Waals surface area contributed by atoms with Crippen molar-refractivity contribution in [3.8, 4) is 0 Å². The highest BCUT2D eigenvalue weighted by Gasteiger charge is 2.21. The van der Waals surface area contributed by atoms with Gasteiger partial charge in [-0.3, -0.25) is 9.59 Å². The summed E-state index contributed by atoms with van der Waals surface area (Å²) in [6, 6.07) is 16.0. The Kier molecular flexibility index (Phi) is 5.30. The number of halogens is 1. The average molecular weight is 406 g/mol. The van der Waals surface area contributed by atoms with E-state index in [4.69, 9.17) is 4.42 Å². The van der Waals surface area contributed by atoms with Gasteiger partial charge in [0.1, 0.15) is 18.2 Å². The van der Waals surface area contributed by atoms with Crippen molar-refractivity contribution in [1.29, 1.82) is 0 Å². The molecule has 1 unspecified atom stereocenters. The van der Waals surface area contributed by atoms with Crippen LogP contribution in [0.3, 0.4) is 0 Å². The molecule has 0 aliphatic heterocycles. The normalized spacial score (nSPS) is 11.9. The van der Waals surface area contributed by atoms with Crippen molar-refractivity contribution in [2.24, 2.45) is 0 Å². The zero-order chi connectivity index (χ0) is 21.1. The van der Waals surface area contributed by atoms with Crippen molar-refractivity contribution < 1.29 is 18.4 Å². The molecule has 2 aromatic carbocycles. The summed E-state index contributed by atoms with van der Waals surface area (Å²) in [4.78, 5) is 29.6. The molecule has 0 aliphatic carbocycles. The number of rotatable bonds is 6. The fourth-order valence-electron chi connectivity index (χ4n) is 3.23. The molecule has 2 aromatic heterocycles. The minimum atomic E-state index is -0.513. The van der Waals surface area contributed by atoms with Gasteiger partial charge in [0.05, 0.1) is 29.0 Å². The number of hydrogen-bond donors (Lipinski definition) is 2. The van der Waals surface area contributed by atoms with Gasteiger partial charge in [-0.1, -0.05) is 24.3 Å². The number of fused-ring (bicyclic) bond motifs is 1. The Bertz CT molecular complexity index is 1200. The van der Waals surface area contributed by atoms with E-state index in [9.17, 15) is 14.0 Å². The molecular formula is C22H19FN4O3. The third-order valence-corrected chi connectivity index (χ3v) is 4.61. The fraction of sp³-hybridized carbons (Fsp3) is 0.136. The van der Waals surface area contributed by atoms with Gasteiger partial charge in [0, 0.05) is 0 Å². The van der Waals surface area contributed by atoms with Gasteiger partial charge in [-0.25, -0.2) is 9.37 Å². The fourth-order valence-corrected chi connectivity index (χ4v) is 3.23. The Hall–Kier alpha value is -3.94. The molecule has 0 fully saturated rings. The number of carbonyl (C=O) groups is 2. The zero-order valence-electron chi connectivity index (χ0n) is 16.1. The summed E-state index contributed by atoms with van der Waals surface area (Å²) >= 11 is 0. The van der Waals surface area contributed by atoms with Gasteiger partial charge in [0.25, 0.3) is 5.91 Å². The number of imidazole rings is 1. The lowest BCUT2D eigenvalue weighted by atomic mass is 10.2. The van der Waals surface area contributed by atoms with Gasteiger partial charge >= 0.3 is 0 Å². The molecule has 152 valence electrons. The van der Waals surface area contributed by atoms with Crippen molar-refractivity contribution in [3.05, 3.63) is 84.3 Å². The summed E-state index contributed by atoms with van der Waals surface area (Å²) in [5.74, 6) is -0.627. The summed E-state index contributed by atoms with van der Waals surface area (Å²) < 4.78 is 20.7. The van der Waals surface area contributed by atoms with Gasteiger partial charge < -0.3 is 19.6 Å². The van der Waals surface area contributed by atoms with E-state index in [0.717, 1.165) is 5.52 Å². The number of carbonyl (C=O) groups excluding carboxylic acids is 2. The van der Waals surface area contributed by atoms with Crippen LogP contribution in [-0.4, -0.2) is 21.4 Å². The quantitative estimate of drug-likeness (QED) is 0.508. The number of nitrogens with zero attached hydrogens (tertiary/aromatic N) is 2. The summed E-state index contributed by atoms with van der Waals surface area (Å²) in [7, 11) is 0. The highest BCUT2D eigenvalue weighted by Crippen LogP contribution is 2.22. The minimum absolute atomic E-state index is 0.0921. The summed E-state index contributed by atoms with van der Waals surface area (Å²) in [6.07, 6.45) is 1.42. The number of hydrogen-bond acceptors (Lipinski definition) is 4. The van der Waals surface area contributed by atoms with E-state index >= 15 is 0 Å². The molecule has 4 aromatic rings. The number of aromatic nitrogens is 2. The molecule has 30 heavy (non-hydrogen) atoms. The van der Waals surface area contributed by atoms with Gasteiger partial charge in [-0.05, 0) is 43.3 Å². The van der Waals surface area contributed by atoms with Crippen LogP contribution in [0.2, 0.25) is 0 Å². The third-order valence-electron chi connectivity index (χ3n) is 4.61. The summed E-state index contributed by atoms with van der Waals surface area (Å²) in [5, 5.41) is 5.40. The van der Waals surface area contributed by atoms with Crippen LogP contribution in [0.5, 0.6) is 0 Å². The number of amides is 2. The van der Waals surface area contributed by atoms with Crippen molar-refractivity contribution in [2.75, 3.05) is 5.32 Å². The maximum absolute atomic E-state index is 13.9. The monoisotopic (exact) mass is 406 g/mol. The Morgan fingerprint density at radius 1 is 1.10 bits per heavy atom. The average Bonchev–Trinajstić information content (AvgIpc) is 3.39. The number of anilines is 1. The lowest BCUT2D eigenvalue weighted by Crippen LogP contribution is -2.29. The first-order valence-corrected chi connectivity index (χ1v) is 9.37. The second kappa shape index (κ2) is 8.20. The molecule has 1 atom stereocenters. The van der Waals surface area contributed by atoms with Crippen LogP contribution >= 0.6 is 0 Å². The lowest BCUT2D eigenvalue weighted by Gasteiger charge is -2.16. The molecule has 0 bridgehead atoms. The third kappa shape index (κ3) is 3.93. The lowest BCUT2D eigenvalue weighted by molar-refractivity contribution is -0.116. The Morgan fingerprint density at radius 2 is 1.87 bits per heavy atom. The molecule has 0 spiro atoms. The highest BCUT2D eigenvalue weighted by molar-refractivity contribution is 5.92. The van der Waals surface area contributed by atoms with E-state index in [1.165, 1.54) is 18.4 Å². The van der Waals surface area contributed by atoms with Crippen LogP contribution in [-0.2, 0) is 11.3 Å². The Morgan fingerprint density at radius 3 is 2.63 bits per heavy atom. The summed E-state index contributed by atoms with van der Waals surface area (Å²) in [5.41, 5.74) is 1.52. The maximum atomic E-state index is 13.9. The van der Waals surface area contributed by atoms with E-state index in [0.29, 0.717) is 11.3 Å². The van der Waals surface area contributed by atoms with Gasteiger partial charge in [0.2, 0.25) is 5.91 Å². The highest BCUT2D eigenvalue weighted by atomic mass is 19.1. The van der Waals surface area contributed by atoms with E-state index < -0.39 is 17.8 Å². The minimum Gasteiger partial charge on any atom is -0.459 e. The first-order chi connectivity index (χ1) is 14.5. The molecule has 0 aliphatic rings. The largest absolute Gasteiger partial charge is 0.459 e. The van der Waals surface area contributed by atoms with Crippen molar-refractivity contribution in [1.82, 2.24) is 14.9 Å². The predicted octanol–water partition coefficient (Wildman–Crippen LogP) is 3.90. The first-order valence-electron chi connectivity index (χ1n) is 9.37. The van der Waals surface area contributed by atoms with Crippen molar-refractivity contribution in [2.45, 2.75) is 19.5 Å². The molecule has 8 heteroatoms. The number of para-hydroxylation sites is 3. The van der Waals surface area contributed by atoms with E-state index in [-0.39, 0.29) is 23.9 Å². The second-order valence-electron chi connectivity index (χ2n) is 6.75. The van der Waals surface area contributed by atoms with Crippen LogP contribution in [0, 0.1) is 5.82 Å². The molecule has 2 heterocycles. The topological polar surface area (TPSA) is 89.2 Å². The molecule has 0 saturated carbocycles. The van der Waals surface area contributed by atoms with E-state index in [1.54, 1.807) is 35.8 Å². The SMILES string of the molecule is CC(NC(=O)c1ccco1)c1nc2ccccc2n1CC(=O)Nc1ccccc1F. The van der Waals surface area contributed by atoms with Gasteiger partial charge in [0.15, 0.2) is 5.76 Å². The van der Waals surface area contributed by atoms with E-state index in [1.807, 2.05) is 24.3 Å². The number of furan rings is 1. The van der Waals surface area contributed by atoms with Crippen LogP contribution in [0.4, 0.5) is 10.1 Å². The molecular weight excluding hydrogens is 387 g/mol.